The van der Waals surface area contributed by atoms with Crippen molar-refractivity contribution in [3.05, 3.63) is 40.9 Å². The van der Waals surface area contributed by atoms with Gasteiger partial charge in [0, 0.05) is 42.5 Å². The van der Waals surface area contributed by atoms with Crippen LogP contribution in [-0.4, -0.2) is 30.5 Å². The van der Waals surface area contributed by atoms with Crippen molar-refractivity contribution in [1.29, 1.82) is 0 Å². The Labute approximate surface area is 143 Å². The third kappa shape index (κ3) is 2.62. The molecule has 1 aliphatic carbocycles. The minimum Gasteiger partial charge on any atom is -0.344 e. The zero-order valence-electron chi connectivity index (χ0n) is 13.6. The third-order valence-corrected chi connectivity index (χ3v) is 5.26. The molecule has 1 amide bonds. The minimum absolute atomic E-state index is 0.0125. The van der Waals surface area contributed by atoms with Crippen molar-refractivity contribution in [2.24, 2.45) is 14.1 Å². The summed E-state index contributed by atoms with van der Waals surface area (Å²) in [7, 11) is 3.81. The van der Waals surface area contributed by atoms with E-state index in [0.717, 1.165) is 35.4 Å². The number of hydrogen-bond donors (Lipinski definition) is 1. The van der Waals surface area contributed by atoms with Crippen LogP contribution in [0.2, 0.25) is 0 Å². The fourth-order valence-corrected chi connectivity index (χ4v) is 3.91. The van der Waals surface area contributed by atoms with Gasteiger partial charge < -0.3 is 5.32 Å². The van der Waals surface area contributed by atoms with Gasteiger partial charge in [-0.1, -0.05) is 0 Å². The Balaban J connectivity index is 1.52. The molecule has 124 valence electrons. The maximum absolute atomic E-state index is 12.6. The summed E-state index contributed by atoms with van der Waals surface area (Å²) >= 11 is 1.45. The van der Waals surface area contributed by atoms with Gasteiger partial charge in [-0.15, -0.1) is 11.3 Å². The normalized spacial score (nSPS) is 16.8. The fourth-order valence-electron chi connectivity index (χ4n) is 3.13. The van der Waals surface area contributed by atoms with Crippen LogP contribution in [0.5, 0.6) is 0 Å². The average Bonchev–Trinajstić information content (AvgIpc) is 3.28. The molecule has 8 heteroatoms. The lowest BCUT2D eigenvalue weighted by Crippen LogP contribution is -2.31. The van der Waals surface area contributed by atoms with Gasteiger partial charge in [0.25, 0.3) is 5.91 Å². The smallest absolute Gasteiger partial charge is 0.271 e. The van der Waals surface area contributed by atoms with Crippen LogP contribution in [0.3, 0.4) is 0 Å². The van der Waals surface area contributed by atoms with Crippen LogP contribution in [0, 0.1) is 0 Å². The number of nitrogens with one attached hydrogen (secondary N) is 1. The first kappa shape index (κ1) is 15.1. The molecular formula is C16H18N6OS. The Hall–Kier alpha value is -2.48. The lowest BCUT2D eigenvalue weighted by atomic mass is 9.93. The number of thiazole rings is 1. The maximum atomic E-state index is 12.6. The number of carbonyl (C=O) groups excluding carboxylic acids is 1. The lowest BCUT2D eigenvalue weighted by molar-refractivity contribution is 0.0928. The molecule has 0 spiro atoms. The summed E-state index contributed by atoms with van der Waals surface area (Å²) in [6, 6.07) is 0.0125. The van der Waals surface area contributed by atoms with Crippen LogP contribution in [0.25, 0.3) is 10.6 Å². The van der Waals surface area contributed by atoms with Gasteiger partial charge in [-0.2, -0.15) is 10.2 Å². The van der Waals surface area contributed by atoms with E-state index >= 15 is 0 Å². The lowest BCUT2D eigenvalue weighted by Gasteiger charge is -2.23. The number of hydrogen-bond acceptors (Lipinski definition) is 5. The molecule has 24 heavy (non-hydrogen) atoms. The van der Waals surface area contributed by atoms with Crippen molar-refractivity contribution in [3.8, 4) is 10.6 Å². The van der Waals surface area contributed by atoms with E-state index < -0.39 is 0 Å². The van der Waals surface area contributed by atoms with Crippen LogP contribution in [0.15, 0.2) is 24.0 Å². The molecule has 0 saturated heterocycles. The van der Waals surface area contributed by atoms with Crippen LogP contribution in [0.4, 0.5) is 0 Å². The first-order valence-electron chi connectivity index (χ1n) is 7.88. The Morgan fingerprint density at radius 1 is 1.33 bits per heavy atom. The Bertz CT molecular complexity index is 892. The predicted molar refractivity (Wildman–Crippen MR) is 90.7 cm³/mol. The van der Waals surface area contributed by atoms with Crippen molar-refractivity contribution in [2.45, 2.75) is 25.3 Å². The van der Waals surface area contributed by atoms with Crippen LogP contribution in [0.1, 0.15) is 40.6 Å². The van der Waals surface area contributed by atoms with E-state index in [1.165, 1.54) is 17.0 Å². The molecule has 7 nitrogen and oxygen atoms in total. The molecule has 0 saturated carbocycles. The topological polar surface area (TPSA) is 77.6 Å². The van der Waals surface area contributed by atoms with Crippen molar-refractivity contribution >= 4 is 17.2 Å². The second-order valence-corrected chi connectivity index (χ2v) is 6.89. The number of fused-ring (bicyclic) bond motifs is 1. The third-order valence-electron chi connectivity index (χ3n) is 4.37. The van der Waals surface area contributed by atoms with E-state index in [1.54, 1.807) is 16.3 Å². The van der Waals surface area contributed by atoms with E-state index in [4.69, 9.17) is 0 Å². The minimum atomic E-state index is -0.136. The van der Waals surface area contributed by atoms with E-state index in [2.05, 4.69) is 20.5 Å². The van der Waals surface area contributed by atoms with E-state index in [-0.39, 0.29) is 11.9 Å². The molecule has 0 fully saturated rings. The fraction of sp³-hybridized carbons (Fsp3) is 0.375. The number of aromatic nitrogens is 5. The maximum Gasteiger partial charge on any atom is 0.271 e. The van der Waals surface area contributed by atoms with Gasteiger partial charge >= 0.3 is 0 Å². The van der Waals surface area contributed by atoms with Gasteiger partial charge in [-0.05, 0) is 19.3 Å². The highest BCUT2D eigenvalue weighted by atomic mass is 32.1. The number of amides is 1. The highest BCUT2D eigenvalue weighted by molar-refractivity contribution is 7.13. The van der Waals surface area contributed by atoms with Gasteiger partial charge in [0.2, 0.25) is 0 Å². The van der Waals surface area contributed by atoms with Gasteiger partial charge in [0.05, 0.1) is 18.4 Å². The summed E-state index contributed by atoms with van der Waals surface area (Å²) in [6.45, 7) is 0. The molecule has 3 heterocycles. The summed E-state index contributed by atoms with van der Waals surface area (Å²) in [4.78, 5) is 17.0. The molecular weight excluding hydrogens is 324 g/mol. The molecule has 0 aromatic carbocycles. The standard InChI is InChI=1S/C16H18N6OS/c1-21-8-10(6-17-21)16-20-13(9-24-16)15(23)19-12-4-3-5-14-11(12)7-18-22(14)2/h6-9,12H,3-5H2,1-2H3,(H,19,23)/t12-/m1/s1. The molecule has 0 unspecified atom stereocenters. The molecule has 1 N–H and O–H groups in total. The van der Waals surface area contributed by atoms with Crippen LogP contribution < -0.4 is 5.32 Å². The first-order valence-corrected chi connectivity index (χ1v) is 8.76. The average molecular weight is 342 g/mol. The van der Waals surface area contributed by atoms with E-state index in [0.29, 0.717) is 5.69 Å². The Morgan fingerprint density at radius 2 is 2.21 bits per heavy atom. The summed E-state index contributed by atoms with van der Waals surface area (Å²) in [6.07, 6.45) is 8.51. The van der Waals surface area contributed by atoms with Crippen molar-refractivity contribution in [3.63, 3.8) is 0 Å². The largest absolute Gasteiger partial charge is 0.344 e. The quantitative estimate of drug-likeness (QED) is 0.790. The van der Waals surface area contributed by atoms with Crippen molar-refractivity contribution in [1.82, 2.24) is 29.9 Å². The molecule has 4 rings (SSSR count). The summed E-state index contributed by atoms with van der Waals surface area (Å²) < 4.78 is 3.62. The second-order valence-electron chi connectivity index (χ2n) is 6.03. The molecule has 1 aliphatic rings. The van der Waals surface area contributed by atoms with Gasteiger partial charge in [0.15, 0.2) is 0 Å². The van der Waals surface area contributed by atoms with Crippen LogP contribution in [-0.2, 0) is 20.5 Å². The van der Waals surface area contributed by atoms with Crippen LogP contribution >= 0.6 is 11.3 Å². The summed E-state index contributed by atoms with van der Waals surface area (Å²) in [5.74, 6) is -0.136. The molecule has 0 radical (unpaired) electrons. The Kier molecular flexibility index (Phi) is 3.68. The zero-order chi connectivity index (χ0) is 16.7. The van der Waals surface area contributed by atoms with Gasteiger partial charge in [-0.3, -0.25) is 14.2 Å². The number of aryl methyl sites for hydroxylation is 2. The molecule has 1 atom stereocenters. The summed E-state index contributed by atoms with van der Waals surface area (Å²) in [5, 5.41) is 14.2. The van der Waals surface area contributed by atoms with Gasteiger partial charge in [-0.25, -0.2) is 4.98 Å². The van der Waals surface area contributed by atoms with Gasteiger partial charge in [0.1, 0.15) is 10.7 Å². The first-order chi connectivity index (χ1) is 11.6. The SMILES string of the molecule is Cn1cc(-c2nc(C(=O)N[C@@H]3CCCc4c3cnn4C)cs2)cn1. The second kappa shape index (κ2) is 5.86. The highest BCUT2D eigenvalue weighted by Gasteiger charge is 2.25. The summed E-state index contributed by atoms with van der Waals surface area (Å²) in [5.41, 5.74) is 3.71. The zero-order valence-corrected chi connectivity index (χ0v) is 14.4. The van der Waals surface area contributed by atoms with Crippen molar-refractivity contribution in [2.75, 3.05) is 0 Å². The monoisotopic (exact) mass is 342 g/mol. The molecule has 0 aliphatic heterocycles. The predicted octanol–water partition coefficient (Wildman–Crippen LogP) is 2.08. The van der Waals surface area contributed by atoms with E-state index in [9.17, 15) is 4.79 Å². The molecule has 3 aromatic rings. The number of nitrogens with zero attached hydrogens (tertiary/aromatic N) is 5. The molecule has 3 aromatic heterocycles. The number of carbonyl (C=O) groups is 1. The number of rotatable bonds is 3. The highest BCUT2D eigenvalue weighted by Crippen LogP contribution is 2.30. The van der Waals surface area contributed by atoms with Crippen molar-refractivity contribution < 1.29 is 4.79 Å². The molecule has 0 bridgehead atoms. The Morgan fingerprint density at radius 3 is 3.00 bits per heavy atom. The van der Waals surface area contributed by atoms with E-state index in [1.807, 2.05) is 31.2 Å².